The lowest BCUT2D eigenvalue weighted by molar-refractivity contribution is 0.272. The maximum absolute atomic E-state index is 11.0. The SMILES string of the molecule is Cc1cc(=O)[nH]c(=O)n1CCO. The van der Waals surface area contributed by atoms with E-state index in [-0.39, 0.29) is 13.2 Å². The Labute approximate surface area is 68.3 Å². The summed E-state index contributed by atoms with van der Waals surface area (Å²) in [5.74, 6) is 0. The summed E-state index contributed by atoms with van der Waals surface area (Å²) in [6.07, 6.45) is 0. The average Bonchev–Trinajstić information content (AvgIpc) is 1.96. The van der Waals surface area contributed by atoms with Gasteiger partial charge in [-0.15, -0.1) is 0 Å². The Bertz CT molecular complexity index is 377. The lowest BCUT2D eigenvalue weighted by Gasteiger charge is -2.04. The number of aromatic nitrogens is 2. The van der Waals surface area contributed by atoms with Gasteiger partial charge in [-0.1, -0.05) is 0 Å². The minimum Gasteiger partial charge on any atom is -0.395 e. The minimum absolute atomic E-state index is 0.118. The van der Waals surface area contributed by atoms with Crippen LogP contribution in [0.1, 0.15) is 5.69 Å². The summed E-state index contributed by atoms with van der Waals surface area (Å²) >= 11 is 0. The van der Waals surface area contributed by atoms with E-state index in [2.05, 4.69) is 4.98 Å². The number of hydrogen-bond acceptors (Lipinski definition) is 3. The molecule has 2 N–H and O–H groups in total. The molecule has 5 heteroatoms. The number of aliphatic hydroxyl groups excluding tert-OH is 1. The van der Waals surface area contributed by atoms with Gasteiger partial charge in [-0.3, -0.25) is 14.3 Å². The molecule has 0 aliphatic rings. The van der Waals surface area contributed by atoms with Crippen LogP contribution in [0, 0.1) is 6.92 Å². The van der Waals surface area contributed by atoms with Gasteiger partial charge >= 0.3 is 5.69 Å². The van der Waals surface area contributed by atoms with E-state index in [1.807, 2.05) is 0 Å². The van der Waals surface area contributed by atoms with E-state index in [1.165, 1.54) is 10.6 Å². The molecule has 1 aromatic heterocycles. The predicted octanol–water partition coefficient (Wildman–Crippen LogP) is -1.16. The van der Waals surface area contributed by atoms with Crippen LogP contribution in [0.25, 0.3) is 0 Å². The van der Waals surface area contributed by atoms with E-state index >= 15 is 0 Å². The second kappa shape index (κ2) is 3.36. The molecule has 0 saturated heterocycles. The van der Waals surface area contributed by atoms with Crippen molar-refractivity contribution < 1.29 is 5.11 Å². The molecule has 5 nitrogen and oxygen atoms in total. The highest BCUT2D eigenvalue weighted by molar-refractivity contribution is 4.97. The van der Waals surface area contributed by atoms with E-state index in [1.54, 1.807) is 6.92 Å². The second-order valence-corrected chi connectivity index (χ2v) is 2.46. The molecule has 1 rings (SSSR count). The first-order valence-electron chi connectivity index (χ1n) is 3.57. The van der Waals surface area contributed by atoms with E-state index in [9.17, 15) is 9.59 Å². The molecule has 0 amide bonds. The third-order valence-corrected chi connectivity index (χ3v) is 1.56. The standard InChI is InChI=1S/C7H10N2O3/c1-5-4-6(11)8-7(12)9(5)2-3-10/h4,10H,2-3H2,1H3,(H,8,11,12). The fraction of sp³-hybridized carbons (Fsp3) is 0.429. The highest BCUT2D eigenvalue weighted by Gasteiger charge is 1.99. The molecule has 0 aliphatic carbocycles. The normalized spacial score (nSPS) is 10.2. The number of nitrogens with zero attached hydrogens (tertiary/aromatic N) is 1. The first-order chi connectivity index (χ1) is 5.65. The molecular formula is C7H10N2O3. The first-order valence-corrected chi connectivity index (χ1v) is 3.57. The maximum Gasteiger partial charge on any atom is 0.328 e. The summed E-state index contributed by atoms with van der Waals surface area (Å²) in [7, 11) is 0. The van der Waals surface area contributed by atoms with E-state index in [0.29, 0.717) is 5.69 Å². The molecule has 12 heavy (non-hydrogen) atoms. The highest BCUT2D eigenvalue weighted by atomic mass is 16.3. The molecule has 0 unspecified atom stereocenters. The van der Waals surface area contributed by atoms with Crippen LogP contribution >= 0.6 is 0 Å². The van der Waals surface area contributed by atoms with Gasteiger partial charge in [0.15, 0.2) is 0 Å². The van der Waals surface area contributed by atoms with Crippen LogP contribution in [0.3, 0.4) is 0 Å². The fourth-order valence-electron chi connectivity index (χ4n) is 1.01. The Balaban J connectivity index is 3.29. The zero-order chi connectivity index (χ0) is 9.14. The molecule has 0 aromatic carbocycles. The number of H-pyrrole nitrogens is 1. The number of rotatable bonds is 2. The quantitative estimate of drug-likeness (QED) is 0.587. The molecule has 0 fully saturated rings. The summed E-state index contributed by atoms with van der Waals surface area (Å²) in [5.41, 5.74) is -0.335. The lowest BCUT2D eigenvalue weighted by Crippen LogP contribution is -2.31. The largest absolute Gasteiger partial charge is 0.395 e. The van der Waals surface area contributed by atoms with Crippen molar-refractivity contribution in [2.45, 2.75) is 13.5 Å². The fourth-order valence-corrected chi connectivity index (χ4v) is 1.01. The first kappa shape index (κ1) is 8.73. The van der Waals surface area contributed by atoms with Gasteiger partial charge in [-0.05, 0) is 6.92 Å². The Morgan fingerprint density at radius 3 is 2.75 bits per heavy atom. The maximum atomic E-state index is 11.0. The van der Waals surface area contributed by atoms with Crippen LogP contribution in [0.2, 0.25) is 0 Å². The molecule has 0 saturated carbocycles. The zero-order valence-electron chi connectivity index (χ0n) is 6.70. The Hall–Kier alpha value is -1.36. The van der Waals surface area contributed by atoms with Crippen molar-refractivity contribution in [2.75, 3.05) is 6.61 Å². The summed E-state index contributed by atoms with van der Waals surface area (Å²) < 4.78 is 1.31. The van der Waals surface area contributed by atoms with Gasteiger partial charge < -0.3 is 5.11 Å². The average molecular weight is 170 g/mol. The molecule has 0 atom stereocenters. The number of nitrogens with one attached hydrogen (secondary N) is 1. The van der Waals surface area contributed by atoms with Crippen LogP contribution in [0.4, 0.5) is 0 Å². The number of hydrogen-bond donors (Lipinski definition) is 2. The van der Waals surface area contributed by atoms with E-state index < -0.39 is 11.2 Å². The van der Waals surface area contributed by atoms with Crippen molar-refractivity contribution in [3.05, 3.63) is 32.6 Å². The molecular weight excluding hydrogens is 160 g/mol. The third-order valence-electron chi connectivity index (χ3n) is 1.56. The number of aromatic amines is 1. The van der Waals surface area contributed by atoms with Crippen LogP contribution in [0.15, 0.2) is 15.7 Å². The minimum atomic E-state index is -0.478. The van der Waals surface area contributed by atoms with Gasteiger partial charge in [0, 0.05) is 11.8 Å². The van der Waals surface area contributed by atoms with Crippen molar-refractivity contribution in [2.24, 2.45) is 0 Å². The van der Waals surface area contributed by atoms with Crippen LogP contribution < -0.4 is 11.2 Å². The van der Waals surface area contributed by atoms with Crippen molar-refractivity contribution in [1.29, 1.82) is 0 Å². The molecule has 0 aliphatic heterocycles. The lowest BCUT2D eigenvalue weighted by atomic mass is 10.4. The Kier molecular flexibility index (Phi) is 2.44. The molecule has 0 spiro atoms. The summed E-state index contributed by atoms with van der Waals surface area (Å²) in [5, 5.41) is 8.59. The van der Waals surface area contributed by atoms with Gasteiger partial charge in [-0.25, -0.2) is 4.79 Å². The molecule has 1 heterocycles. The third kappa shape index (κ3) is 1.62. The van der Waals surface area contributed by atoms with Crippen molar-refractivity contribution in [3.63, 3.8) is 0 Å². The molecule has 0 radical (unpaired) electrons. The summed E-state index contributed by atoms with van der Waals surface area (Å²) in [6.45, 7) is 1.74. The Morgan fingerprint density at radius 2 is 2.25 bits per heavy atom. The zero-order valence-corrected chi connectivity index (χ0v) is 6.70. The molecule has 1 aromatic rings. The van der Waals surface area contributed by atoms with Gasteiger partial charge in [0.1, 0.15) is 0 Å². The summed E-state index contributed by atoms with van der Waals surface area (Å²) in [4.78, 5) is 23.9. The van der Waals surface area contributed by atoms with Gasteiger partial charge in [0.2, 0.25) is 0 Å². The second-order valence-electron chi connectivity index (χ2n) is 2.46. The van der Waals surface area contributed by atoms with Crippen molar-refractivity contribution in [3.8, 4) is 0 Å². The topological polar surface area (TPSA) is 75.1 Å². The van der Waals surface area contributed by atoms with Crippen molar-refractivity contribution in [1.82, 2.24) is 9.55 Å². The van der Waals surface area contributed by atoms with Crippen LogP contribution in [-0.2, 0) is 6.54 Å². The van der Waals surface area contributed by atoms with Gasteiger partial charge in [0.25, 0.3) is 5.56 Å². The van der Waals surface area contributed by atoms with Crippen LogP contribution in [-0.4, -0.2) is 21.3 Å². The van der Waals surface area contributed by atoms with E-state index in [0.717, 1.165) is 0 Å². The van der Waals surface area contributed by atoms with E-state index in [4.69, 9.17) is 5.11 Å². The highest BCUT2D eigenvalue weighted by Crippen LogP contribution is 1.86. The monoisotopic (exact) mass is 170 g/mol. The Morgan fingerprint density at radius 1 is 1.58 bits per heavy atom. The predicted molar refractivity (Wildman–Crippen MR) is 43.1 cm³/mol. The van der Waals surface area contributed by atoms with Crippen molar-refractivity contribution >= 4 is 0 Å². The summed E-state index contributed by atoms with van der Waals surface area (Å²) in [6, 6.07) is 1.32. The molecule has 0 bridgehead atoms. The number of aliphatic hydroxyl groups is 1. The smallest absolute Gasteiger partial charge is 0.328 e. The van der Waals surface area contributed by atoms with Gasteiger partial charge in [0.05, 0.1) is 13.2 Å². The van der Waals surface area contributed by atoms with Gasteiger partial charge in [-0.2, -0.15) is 0 Å². The van der Waals surface area contributed by atoms with Crippen LogP contribution in [0.5, 0.6) is 0 Å². The number of aryl methyl sites for hydroxylation is 1. The molecule has 66 valence electrons.